The lowest BCUT2D eigenvalue weighted by Gasteiger charge is -2.03. The summed E-state index contributed by atoms with van der Waals surface area (Å²) in [6.07, 6.45) is 0.541. The van der Waals surface area contributed by atoms with Crippen molar-refractivity contribution < 1.29 is 18.9 Å². The van der Waals surface area contributed by atoms with Gasteiger partial charge in [0.05, 0.1) is 23.7 Å². The Labute approximate surface area is 102 Å². The molecule has 2 rings (SSSR count). The summed E-state index contributed by atoms with van der Waals surface area (Å²) in [5.41, 5.74) is 0.162. The van der Waals surface area contributed by atoms with Gasteiger partial charge in [0.2, 0.25) is 0 Å². The molecule has 0 amide bonds. The molecule has 0 aliphatic rings. The fraction of sp³-hybridized carbons (Fsp3) is 0.0833. The molecule has 0 bridgehead atoms. The summed E-state index contributed by atoms with van der Waals surface area (Å²) >= 11 is 0. The number of carbonyl (C=O) groups excluding carboxylic acids is 1. The van der Waals surface area contributed by atoms with Gasteiger partial charge in [-0.25, -0.2) is 0 Å². The molecular weight excluding hydrogens is 238 g/mol. The summed E-state index contributed by atoms with van der Waals surface area (Å²) in [6, 6.07) is 7.38. The number of ether oxygens (including phenoxy) is 1. The molecule has 0 saturated carbocycles. The Balaban J connectivity index is 2.55. The standard InChI is InChI=1S/C12H9NO5/c1-17-8-2-4-10(11(6-8)13(15)16)12-5-3-9(7-14)18-12/h2-7H,1H3. The Hall–Kier alpha value is -2.63. The first-order valence-electron chi connectivity index (χ1n) is 5.03. The van der Waals surface area contributed by atoms with Gasteiger partial charge >= 0.3 is 0 Å². The topological polar surface area (TPSA) is 82.6 Å². The summed E-state index contributed by atoms with van der Waals surface area (Å²) in [5, 5.41) is 11.0. The van der Waals surface area contributed by atoms with Gasteiger partial charge in [-0.15, -0.1) is 0 Å². The third-order valence-corrected chi connectivity index (χ3v) is 2.41. The number of methoxy groups -OCH3 is 1. The minimum atomic E-state index is -0.527. The van der Waals surface area contributed by atoms with Crippen LogP contribution in [0, 0.1) is 10.1 Å². The molecule has 0 fully saturated rings. The number of nitrogens with zero attached hydrogens (tertiary/aromatic N) is 1. The van der Waals surface area contributed by atoms with E-state index in [1.165, 1.54) is 31.4 Å². The van der Waals surface area contributed by atoms with Crippen LogP contribution in [-0.2, 0) is 0 Å². The monoisotopic (exact) mass is 247 g/mol. The lowest BCUT2D eigenvalue weighted by molar-refractivity contribution is -0.384. The van der Waals surface area contributed by atoms with E-state index < -0.39 is 4.92 Å². The van der Waals surface area contributed by atoms with E-state index >= 15 is 0 Å². The highest BCUT2D eigenvalue weighted by Gasteiger charge is 2.19. The first kappa shape index (κ1) is 11.8. The van der Waals surface area contributed by atoms with Gasteiger partial charge < -0.3 is 9.15 Å². The largest absolute Gasteiger partial charge is 0.497 e. The number of hydrogen-bond donors (Lipinski definition) is 0. The smallest absolute Gasteiger partial charge is 0.284 e. The number of rotatable bonds is 4. The average molecular weight is 247 g/mol. The molecule has 0 saturated heterocycles. The van der Waals surface area contributed by atoms with E-state index in [1.54, 1.807) is 6.07 Å². The normalized spacial score (nSPS) is 10.1. The fourth-order valence-corrected chi connectivity index (χ4v) is 1.56. The minimum absolute atomic E-state index is 0.120. The average Bonchev–Trinajstić information content (AvgIpc) is 2.86. The Morgan fingerprint density at radius 3 is 2.67 bits per heavy atom. The molecule has 1 aromatic carbocycles. The first-order chi connectivity index (χ1) is 8.65. The van der Waals surface area contributed by atoms with Crippen molar-refractivity contribution in [3.05, 3.63) is 46.2 Å². The Kier molecular flexibility index (Phi) is 3.09. The second-order valence-corrected chi connectivity index (χ2v) is 3.46. The van der Waals surface area contributed by atoms with E-state index in [9.17, 15) is 14.9 Å². The van der Waals surface area contributed by atoms with E-state index in [0.717, 1.165) is 0 Å². The molecule has 6 heteroatoms. The minimum Gasteiger partial charge on any atom is -0.497 e. The predicted octanol–water partition coefficient (Wildman–Crippen LogP) is 2.68. The van der Waals surface area contributed by atoms with Crippen LogP contribution >= 0.6 is 0 Å². The second kappa shape index (κ2) is 4.70. The second-order valence-electron chi connectivity index (χ2n) is 3.46. The molecular formula is C12H9NO5. The molecule has 92 valence electrons. The van der Waals surface area contributed by atoms with Crippen LogP contribution in [0.4, 0.5) is 5.69 Å². The summed E-state index contributed by atoms with van der Waals surface area (Å²) < 4.78 is 10.1. The molecule has 6 nitrogen and oxygen atoms in total. The summed E-state index contributed by atoms with van der Waals surface area (Å²) in [4.78, 5) is 21.0. The predicted molar refractivity (Wildman–Crippen MR) is 62.7 cm³/mol. The lowest BCUT2D eigenvalue weighted by Crippen LogP contribution is -1.93. The number of furan rings is 1. The lowest BCUT2D eigenvalue weighted by atomic mass is 10.1. The van der Waals surface area contributed by atoms with Gasteiger partial charge in [-0.2, -0.15) is 0 Å². The Bertz CT molecular complexity index is 602. The van der Waals surface area contributed by atoms with Gasteiger partial charge in [-0.1, -0.05) is 0 Å². The number of benzene rings is 1. The molecule has 2 aromatic rings. The number of aldehydes is 1. The molecule has 0 unspecified atom stereocenters. The van der Waals surface area contributed by atoms with E-state index in [-0.39, 0.29) is 17.2 Å². The van der Waals surface area contributed by atoms with Crippen LogP contribution in [0.25, 0.3) is 11.3 Å². The van der Waals surface area contributed by atoms with Gasteiger partial charge in [0.15, 0.2) is 12.0 Å². The summed E-state index contributed by atoms with van der Waals surface area (Å²) in [7, 11) is 1.43. The van der Waals surface area contributed by atoms with Gasteiger partial charge in [-0.05, 0) is 24.3 Å². The molecule has 0 aliphatic heterocycles. The van der Waals surface area contributed by atoms with Gasteiger partial charge in [0.1, 0.15) is 11.5 Å². The maximum atomic E-state index is 11.0. The molecule has 18 heavy (non-hydrogen) atoms. The number of hydrogen-bond acceptors (Lipinski definition) is 5. The van der Waals surface area contributed by atoms with E-state index in [4.69, 9.17) is 9.15 Å². The Morgan fingerprint density at radius 2 is 2.11 bits per heavy atom. The molecule has 0 atom stereocenters. The highest BCUT2D eigenvalue weighted by molar-refractivity contribution is 5.76. The molecule has 1 aromatic heterocycles. The molecule has 0 radical (unpaired) electrons. The SMILES string of the molecule is COc1ccc(-c2ccc(C=O)o2)c([N+](=O)[O-])c1. The first-order valence-corrected chi connectivity index (χ1v) is 5.03. The van der Waals surface area contributed by atoms with Crippen molar-refractivity contribution >= 4 is 12.0 Å². The molecule has 1 heterocycles. The third kappa shape index (κ3) is 2.08. The van der Waals surface area contributed by atoms with Crippen LogP contribution in [0.1, 0.15) is 10.6 Å². The number of carbonyl (C=O) groups is 1. The van der Waals surface area contributed by atoms with E-state index in [1.807, 2.05) is 0 Å². The summed E-state index contributed by atoms with van der Waals surface area (Å²) in [5.74, 6) is 0.772. The van der Waals surface area contributed by atoms with Crippen LogP contribution < -0.4 is 4.74 Å². The van der Waals surface area contributed by atoms with Crippen LogP contribution in [-0.4, -0.2) is 18.3 Å². The van der Waals surface area contributed by atoms with Crippen molar-refractivity contribution in [1.29, 1.82) is 0 Å². The van der Waals surface area contributed by atoms with Crippen molar-refractivity contribution in [2.24, 2.45) is 0 Å². The van der Waals surface area contributed by atoms with E-state index in [2.05, 4.69) is 0 Å². The number of nitro groups is 1. The van der Waals surface area contributed by atoms with Crippen LogP contribution in [0.3, 0.4) is 0 Å². The van der Waals surface area contributed by atoms with Gasteiger partial charge in [0, 0.05) is 0 Å². The zero-order valence-electron chi connectivity index (χ0n) is 9.45. The molecule has 0 aliphatic carbocycles. The molecule has 0 spiro atoms. The van der Waals surface area contributed by atoms with Gasteiger partial charge in [-0.3, -0.25) is 14.9 Å². The Morgan fingerprint density at radius 1 is 1.33 bits per heavy atom. The molecule has 0 N–H and O–H groups in total. The maximum Gasteiger partial charge on any atom is 0.284 e. The van der Waals surface area contributed by atoms with Crippen molar-refractivity contribution in [1.82, 2.24) is 0 Å². The van der Waals surface area contributed by atoms with Crippen molar-refractivity contribution in [2.75, 3.05) is 7.11 Å². The zero-order valence-corrected chi connectivity index (χ0v) is 9.45. The highest BCUT2D eigenvalue weighted by Crippen LogP contribution is 2.33. The number of nitro benzene ring substituents is 1. The quantitative estimate of drug-likeness (QED) is 0.471. The van der Waals surface area contributed by atoms with Crippen LogP contribution in [0.2, 0.25) is 0 Å². The van der Waals surface area contributed by atoms with E-state index in [0.29, 0.717) is 17.6 Å². The van der Waals surface area contributed by atoms with Gasteiger partial charge in [0.25, 0.3) is 5.69 Å². The van der Waals surface area contributed by atoms with Crippen molar-refractivity contribution in [3.8, 4) is 17.1 Å². The van der Waals surface area contributed by atoms with Crippen LogP contribution in [0.15, 0.2) is 34.7 Å². The van der Waals surface area contributed by atoms with Crippen molar-refractivity contribution in [3.63, 3.8) is 0 Å². The van der Waals surface area contributed by atoms with Crippen LogP contribution in [0.5, 0.6) is 5.75 Å². The summed E-state index contributed by atoms with van der Waals surface area (Å²) in [6.45, 7) is 0. The fourth-order valence-electron chi connectivity index (χ4n) is 1.56. The third-order valence-electron chi connectivity index (χ3n) is 2.41. The highest BCUT2D eigenvalue weighted by atomic mass is 16.6. The van der Waals surface area contributed by atoms with Crippen molar-refractivity contribution in [2.45, 2.75) is 0 Å². The maximum absolute atomic E-state index is 11.0. The zero-order chi connectivity index (χ0) is 13.1.